The summed E-state index contributed by atoms with van der Waals surface area (Å²) in [5, 5.41) is 54.4. The number of nitrogens with one attached hydrogen (secondary N) is 2. The van der Waals surface area contributed by atoms with Crippen molar-refractivity contribution in [2.75, 3.05) is 108 Å². The van der Waals surface area contributed by atoms with E-state index in [1.54, 1.807) is 51.4 Å². The van der Waals surface area contributed by atoms with Crippen LogP contribution in [0.4, 0.5) is 22.5 Å². The number of fused-ring (bicyclic) bond motifs is 6. The molecule has 134 heavy (non-hydrogen) atoms. The van der Waals surface area contributed by atoms with Gasteiger partial charge in [-0.25, -0.2) is 54.0 Å². The molecule has 38 nitrogen and oxygen atoms in total. The summed E-state index contributed by atoms with van der Waals surface area (Å²) in [6.45, 7) is 15.6. The van der Waals surface area contributed by atoms with Gasteiger partial charge in [-0.15, -0.1) is 0 Å². The second-order valence-electron chi connectivity index (χ2n) is 36.7. The molecule has 0 unspecified atom stereocenters. The average Bonchev–Trinajstić information content (AvgIpc) is 1.62. The van der Waals surface area contributed by atoms with Crippen LogP contribution in [-0.2, 0) is 88.0 Å². The first-order chi connectivity index (χ1) is 64.4. The number of piperazine rings is 2. The molecule has 1 saturated carbocycles. The molecule has 6 aliphatic heterocycles. The van der Waals surface area contributed by atoms with Crippen molar-refractivity contribution < 1.29 is 92.0 Å². The number of pyridine rings is 1. The van der Waals surface area contributed by atoms with Crippen LogP contribution in [-0.4, -0.2) is 302 Å². The number of amides is 4. The second-order valence-corrected chi connectivity index (χ2v) is 36.7. The summed E-state index contributed by atoms with van der Waals surface area (Å²) in [6.07, 6.45) is 17.8. The number of nitrogen functional groups attached to an aromatic ring is 1. The highest BCUT2D eigenvalue weighted by atomic mass is 16.6. The van der Waals surface area contributed by atoms with Crippen LogP contribution >= 0.6 is 0 Å². The Bertz CT molecular complexity index is 5490. The van der Waals surface area contributed by atoms with Crippen molar-refractivity contribution in [1.82, 2.24) is 74.6 Å². The first-order valence-corrected chi connectivity index (χ1v) is 46.5. The van der Waals surface area contributed by atoms with Crippen LogP contribution in [0.5, 0.6) is 0 Å². The van der Waals surface area contributed by atoms with Gasteiger partial charge in [0, 0.05) is 177 Å². The number of anilines is 3. The monoisotopic (exact) mass is 1850 g/mol. The lowest BCUT2D eigenvalue weighted by molar-refractivity contribution is -0.265. The molecule has 14 rings (SSSR count). The van der Waals surface area contributed by atoms with Crippen LogP contribution in [0.15, 0.2) is 121 Å². The number of alkyl carbamates (subject to hydrolysis) is 1. The average molecular weight is 1850 g/mol. The molecule has 4 amide bonds. The topological polar surface area (TPSA) is 497 Å². The normalized spacial score (nSPS) is 27.6. The fourth-order valence-electron chi connectivity index (χ4n) is 19.2. The number of rotatable bonds is 21. The molecule has 12 heterocycles. The number of benzene rings is 1. The van der Waals surface area contributed by atoms with E-state index in [0.717, 1.165) is 43.8 Å². The van der Waals surface area contributed by atoms with Crippen LogP contribution in [0.2, 0.25) is 0 Å². The first kappa shape index (κ1) is 98.3. The summed E-state index contributed by atoms with van der Waals surface area (Å²) in [5.41, 5.74) is 21.5. The van der Waals surface area contributed by atoms with E-state index < -0.39 is 132 Å². The highest BCUT2D eigenvalue weighted by Crippen LogP contribution is 2.40. The van der Waals surface area contributed by atoms with E-state index in [4.69, 9.17) is 45.0 Å². The van der Waals surface area contributed by atoms with Crippen LogP contribution in [0.1, 0.15) is 158 Å². The zero-order valence-electron chi connectivity index (χ0n) is 77.3. The maximum atomic E-state index is 14.8. The number of esters is 1. The number of allylic oxidation sites excluding steroid dienone is 6. The minimum atomic E-state index is -2.53. The molecule has 7 aliphatic rings. The molecule has 38 heteroatoms. The van der Waals surface area contributed by atoms with E-state index in [0.29, 0.717) is 156 Å². The largest absolute Gasteiger partial charge is 0.480 e. The number of aromatic nitrogens is 10. The number of H-pyrrole nitrogens is 1. The smallest absolute Gasteiger partial charge is 0.407 e. The maximum Gasteiger partial charge on any atom is 0.407 e. The lowest BCUT2D eigenvalue weighted by Gasteiger charge is -2.42. The van der Waals surface area contributed by atoms with Crippen LogP contribution in [0.25, 0.3) is 33.3 Å². The summed E-state index contributed by atoms with van der Waals surface area (Å²) in [4.78, 5) is 171. The molecule has 10 N–H and O–H groups in total. The lowest BCUT2D eigenvalue weighted by Crippen LogP contribution is -2.61. The number of nitrogens with two attached hydrogens (primary N) is 2. The number of aromatic amines is 1. The van der Waals surface area contributed by atoms with Gasteiger partial charge < -0.3 is 95.1 Å². The van der Waals surface area contributed by atoms with Gasteiger partial charge in [0.1, 0.15) is 65.8 Å². The number of carbonyl (C=O) groups excluding carboxylic acids is 8. The summed E-state index contributed by atoms with van der Waals surface area (Å²) < 4.78 is 37.9. The fraction of sp³-hybridized carbons (Fsp3) is 0.552. The maximum absolute atomic E-state index is 14.8. The van der Waals surface area contributed by atoms with E-state index >= 15 is 0 Å². The minimum Gasteiger partial charge on any atom is -0.480 e. The third-order valence-corrected chi connectivity index (χ3v) is 27.3. The Kier molecular flexibility index (Phi) is 32.7. The zero-order valence-corrected chi connectivity index (χ0v) is 77.3. The Balaban J connectivity index is 0.510. The number of ether oxygens (including phenoxy) is 6. The van der Waals surface area contributed by atoms with Gasteiger partial charge in [-0.3, -0.25) is 33.7 Å². The van der Waals surface area contributed by atoms with Crippen molar-refractivity contribution in [1.29, 1.82) is 0 Å². The number of carboxylic acid groups (broad SMARTS) is 1. The number of carbonyl (C=O) groups is 9. The van der Waals surface area contributed by atoms with E-state index in [1.165, 1.54) is 43.7 Å². The van der Waals surface area contributed by atoms with Crippen molar-refractivity contribution in [3.63, 3.8) is 0 Å². The van der Waals surface area contributed by atoms with Gasteiger partial charge in [-0.05, 0) is 136 Å². The Morgan fingerprint density at radius 1 is 0.754 bits per heavy atom. The summed E-state index contributed by atoms with van der Waals surface area (Å²) >= 11 is 0. The van der Waals surface area contributed by atoms with Gasteiger partial charge in [0.2, 0.25) is 23.6 Å². The highest BCUT2D eigenvalue weighted by Gasteiger charge is 2.54. The predicted octanol–water partition coefficient (Wildman–Crippen LogP) is 6.57. The Morgan fingerprint density at radius 2 is 1.51 bits per heavy atom. The van der Waals surface area contributed by atoms with Crippen LogP contribution in [0.3, 0.4) is 0 Å². The van der Waals surface area contributed by atoms with Gasteiger partial charge in [0.15, 0.2) is 11.4 Å². The van der Waals surface area contributed by atoms with Gasteiger partial charge in [0.25, 0.3) is 17.6 Å². The lowest BCUT2D eigenvalue weighted by atomic mass is 9.80. The van der Waals surface area contributed by atoms with Crippen molar-refractivity contribution in [2.24, 2.45) is 35.3 Å². The number of aliphatic hydroxyl groups excluding tert-OH is 2. The third kappa shape index (κ3) is 23.6. The Hall–Kier alpha value is -11.8. The van der Waals surface area contributed by atoms with Crippen molar-refractivity contribution in [3.05, 3.63) is 149 Å². The van der Waals surface area contributed by atoms with E-state index in [2.05, 4.69) is 67.1 Å². The number of ketones is 3. The zero-order chi connectivity index (χ0) is 95.2. The number of cyclic esters (lactones) is 1. The van der Waals surface area contributed by atoms with Crippen molar-refractivity contribution >= 4 is 92.9 Å². The molecule has 718 valence electrons. The molecule has 0 spiro atoms. The number of aliphatic carboxylic acids is 1. The van der Waals surface area contributed by atoms with Crippen LogP contribution in [0, 0.1) is 29.6 Å². The van der Waals surface area contributed by atoms with Crippen molar-refractivity contribution in [3.8, 4) is 11.3 Å². The van der Waals surface area contributed by atoms with E-state index in [1.807, 2.05) is 78.2 Å². The number of piperidine rings is 1. The summed E-state index contributed by atoms with van der Waals surface area (Å²) in [7, 11) is 3.03. The van der Waals surface area contributed by atoms with Gasteiger partial charge >= 0.3 is 18.0 Å². The molecule has 0 radical (unpaired) electrons. The van der Waals surface area contributed by atoms with Crippen molar-refractivity contribution in [2.45, 2.75) is 218 Å². The Morgan fingerprint density at radius 3 is 2.28 bits per heavy atom. The molecule has 2 bridgehead atoms. The molecular formula is C96H125N19O19. The number of Topliss-reactive ketones (excluding diaryl/α,β-unsaturated/α-hetero) is 3. The second kappa shape index (κ2) is 44.6. The van der Waals surface area contributed by atoms with Crippen LogP contribution < -0.4 is 26.6 Å². The molecule has 6 aromatic heterocycles. The molecule has 16 atom stereocenters. The molecular weight excluding hydrogens is 1720 g/mol. The summed E-state index contributed by atoms with van der Waals surface area (Å²) in [6, 6.07) is 6.73. The van der Waals surface area contributed by atoms with E-state index in [-0.39, 0.29) is 100 Å². The third-order valence-electron chi connectivity index (χ3n) is 27.3. The quantitative estimate of drug-likeness (QED) is 0.0163. The van der Waals surface area contributed by atoms with E-state index in [9.17, 15) is 63.6 Å². The standard InChI is InChI=1S/C96H125N19O19/c1-56-14-10-9-11-15-57(2)76(129-7)44-70-21-17-61(6)96(128,134-70)85(121)90(123)114-27-13-12-16-72(114)92(126)132-77(45-74(116)58(3)39-60(5)83(119)84(120)82(118)59(4)38-56)71(97)41-62-19-22-75(78(42-62)130-8)133-95(127)105-48-64-46-101-94(102-47-64)112-33-34-113(73(54-112)91(124)125)79(117)25-36-131-37-35-109-29-31-110(32-30-109)93-103-50-69(51-104-93)89(122)111-28-24-65-40-63(18-20-67(65)53-111)52-115-88-80(86(98)106-55-107-88)81(108-115)68-43-66-23-26-99-87(66)100-49-68/h9-11,14-15,18,20,23,26,39-40,43,46-47,49-51,55-56,58-59,61-62,70-73,75-78,83-84,119-120,128H,12-13,16-17,19,21-22,24-25,27-38,41-42,44-45,48,52-54,97H2,1-8H3,(H,99,100)(H,105,127)(H,124,125)(H2,98,106,107)/b11-9?,14-10+,57-15?,60-39+/t56-,58-,59-,61-,62+,70+,71-,72+,73-,75-,76+,77+,78-,83-,84+,96-/m1/s1. The van der Waals surface area contributed by atoms with Gasteiger partial charge in [-0.1, -0.05) is 82.4 Å². The summed E-state index contributed by atoms with van der Waals surface area (Å²) in [5.74, 6) is -10.2. The molecule has 1 aromatic carbocycles. The number of carboxylic acids is 1. The number of hydrogen-bond donors (Lipinski definition) is 8. The number of nitrogens with zero attached hydrogens (tertiary/aromatic N) is 15. The molecule has 1 aliphatic carbocycles. The van der Waals surface area contributed by atoms with Gasteiger partial charge in [-0.2, -0.15) is 5.10 Å². The highest BCUT2D eigenvalue weighted by molar-refractivity contribution is 6.39. The number of methoxy groups -OCH3 is 2. The van der Waals surface area contributed by atoms with Gasteiger partial charge in [0.05, 0.1) is 62.0 Å². The first-order valence-electron chi connectivity index (χ1n) is 46.5. The SMILES string of the molecule is CO[C@H]1C[C@@H]2CC[C@@H](C)[C@@](O)(O2)C(=O)C(=O)N2CCCC[C@H]2C(=O)O[C@H]([C@H](N)C[C@@H]2CC[C@@H](OC(=O)NCc3cnc(N4CCN(C(=O)CCOCCN5CCN(c6ncc(C(=O)N7CCc8cc(Cn9nc(-c%10cnc%11[nH]ccc%11c%10)c%10c(N)ncnc%109)ccc8C7)cn6)CC5)[C@@H](C(=O)O)C4)nc3)[C@H](OC)C2)CC(=O)[C@H](C)/C=C(\C)[C@@H](O)[C@@H](O)C(=O)[C@H](C)C[C@H](C)/C=C/C=CC=C1C. The minimum absolute atomic E-state index is 0.0208. The Labute approximate surface area is 777 Å². The molecule has 4 saturated heterocycles. The molecule has 7 aromatic rings. The number of hydrogen-bond acceptors (Lipinski definition) is 31. The molecule has 5 fully saturated rings. The predicted molar refractivity (Wildman–Crippen MR) is 493 cm³/mol. The number of aliphatic hydroxyl groups is 3. The fourth-order valence-corrected chi connectivity index (χ4v) is 19.2.